The van der Waals surface area contributed by atoms with Crippen molar-refractivity contribution in [2.75, 3.05) is 13.1 Å². The Morgan fingerprint density at radius 3 is 2.05 bits per heavy atom. The Labute approximate surface area is 130 Å². The van der Waals surface area contributed by atoms with Crippen LogP contribution in [0, 0.1) is 5.92 Å². The van der Waals surface area contributed by atoms with Crippen LogP contribution in [-0.4, -0.2) is 13.1 Å². The van der Waals surface area contributed by atoms with E-state index in [1.165, 1.54) is 0 Å². The highest BCUT2D eigenvalue weighted by Gasteiger charge is 2.37. The van der Waals surface area contributed by atoms with Gasteiger partial charge in [0.1, 0.15) is 0 Å². The summed E-state index contributed by atoms with van der Waals surface area (Å²) < 4.78 is 76.9. The lowest BCUT2D eigenvalue weighted by atomic mass is 9.88. The van der Waals surface area contributed by atoms with Crippen LogP contribution >= 0.6 is 12.4 Å². The van der Waals surface area contributed by atoms with Gasteiger partial charge in [-0.15, -0.1) is 12.4 Å². The topological polar surface area (TPSA) is 12.0 Å². The van der Waals surface area contributed by atoms with Gasteiger partial charge in [0.2, 0.25) is 0 Å². The summed E-state index contributed by atoms with van der Waals surface area (Å²) in [5, 5.41) is 3.08. The van der Waals surface area contributed by atoms with Crippen molar-refractivity contribution in [3.05, 3.63) is 34.9 Å². The first-order valence-electron chi connectivity index (χ1n) is 6.66. The van der Waals surface area contributed by atoms with Gasteiger partial charge in [-0.05, 0) is 62.0 Å². The molecule has 0 radical (unpaired) electrons. The molecule has 8 heteroatoms. The number of alkyl halides is 6. The summed E-state index contributed by atoms with van der Waals surface area (Å²) in [5.41, 5.74) is -2.25. The van der Waals surface area contributed by atoms with E-state index in [9.17, 15) is 26.3 Å². The molecule has 0 aromatic heterocycles. The average molecular weight is 348 g/mol. The molecule has 0 saturated carbocycles. The molecule has 0 unspecified atom stereocenters. The van der Waals surface area contributed by atoms with Gasteiger partial charge in [-0.3, -0.25) is 0 Å². The third kappa shape index (κ3) is 4.78. The first kappa shape index (κ1) is 19.1. The molecule has 1 aliphatic rings. The van der Waals surface area contributed by atoms with Gasteiger partial charge in [0.25, 0.3) is 0 Å². The van der Waals surface area contributed by atoms with Crippen molar-refractivity contribution in [3.63, 3.8) is 0 Å². The van der Waals surface area contributed by atoms with E-state index in [0.717, 1.165) is 0 Å². The molecule has 1 saturated heterocycles. The standard InChI is InChI=1S/C14H15F6N.ClH/c15-13(16,17)11-1-2-12(14(18,19)20)10(8-11)7-9-3-5-21-6-4-9;/h1-2,8-9,21H,3-7H2;1H. The third-order valence-electron chi connectivity index (χ3n) is 3.71. The van der Waals surface area contributed by atoms with E-state index in [1.807, 2.05) is 0 Å². The van der Waals surface area contributed by atoms with E-state index in [2.05, 4.69) is 5.32 Å². The van der Waals surface area contributed by atoms with Gasteiger partial charge in [-0.1, -0.05) is 0 Å². The molecule has 1 fully saturated rings. The molecule has 0 aliphatic carbocycles. The summed E-state index contributed by atoms with van der Waals surface area (Å²) in [6.07, 6.45) is -7.89. The first-order chi connectivity index (χ1) is 9.68. The molecule has 2 rings (SSSR count). The minimum atomic E-state index is -4.63. The van der Waals surface area contributed by atoms with Crippen LogP contribution in [0.25, 0.3) is 0 Å². The number of nitrogens with one attached hydrogen (secondary N) is 1. The van der Waals surface area contributed by atoms with Gasteiger partial charge in [0.05, 0.1) is 11.1 Å². The second-order valence-corrected chi connectivity index (χ2v) is 5.26. The zero-order valence-corrected chi connectivity index (χ0v) is 12.3. The van der Waals surface area contributed by atoms with E-state index in [4.69, 9.17) is 0 Å². The maximum absolute atomic E-state index is 12.9. The summed E-state index contributed by atoms with van der Waals surface area (Å²) >= 11 is 0. The van der Waals surface area contributed by atoms with Gasteiger partial charge >= 0.3 is 12.4 Å². The highest BCUT2D eigenvalue weighted by molar-refractivity contribution is 5.85. The van der Waals surface area contributed by atoms with Crippen LogP contribution in [0.4, 0.5) is 26.3 Å². The molecule has 0 spiro atoms. The third-order valence-corrected chi connectivity index (χ3v) is 3.71. The predicted octanol–water partition coefficient (Wildman–Crippen LogP) is 4.69. The molecule has 1 aromatic rings. The van der Waals surface area contributed by atoms with Crippen molar-refractivity contribution < 1.29 is 26.3 Å². The second kappa shape index (κ2) is 7.08. The number of hydrogen-bond donors (Lipinski definition) is 1. The lowest BCUT2D eigenvalue weighted by Crippen LogP contribution is -2.29. The molecule has 1 N–H and O–H groups in total. The van der Waals surface area contributed by atoms with Crippen LogP contribution < -0.4 is 5.32 Å². The van der Waals surface area contributed by atoms with Crippen LogP contribution in [0.1, 0.15) is 29.5 Å². The maximum Gasteiger partial charge on any atom is 0.416 e. The highest BCUT2D eigenvalue weighted by Crippen LogP contribution is 2.37. The fourth-order valence-corrected chi connectivity index (χ4v) is 2.61. The Morgan fingerprint density at radius 1 is 0.955 bits per heavy atom. The van der Waals surface area contributed by atoms with Gasteiger partial charge in [0, 0.05) is 0 Å². The minimum Gasteiger partial charge on any atom is -0.317 e. The zero-order chi connectivity index (χ0) is 15.7. The van der Waals surface area contributed by atoms with E-state index in [-0.39, 0.29) is 30.3 Å². The molecule has 1 nitrogen and oxygen atoms in total. The van der Waals surface area contributed by atoms with Crippen molar-refractivity contribution >= 4 is 12.4 Å². The van der Waals surface area contributed by atoms with Gasteiger partial charge in [-0.25, -0.2) is 0 Å². The van der Waals surface area contributed by atoms with Crippen LogP contribution in [0.2, 0.25) is 0 Å². The largest absolute Gasteiger partial charge is 0.416 e. The summed E-state index contributed by atoms with van der Waals surface area (Å²) in [7, 11) is 0. The molecule has 1 aliphatic heterocycles. The number of hydrogen-bond acceptors (Lipinski definition) is 1. The second-order valence-electron chi connectivity index (χ2n) is 5.26. The zero-order valence-electron chi connectivity index (χ0n) is 11.5. The van der Waals surface area contributed by atoms with Crippen LogP contribution in [-0.2, 0) is 18.8 Å². The van der Waals surface area contributed by atoms with E-state index < -0.39 is 23.5 Å². The first-order valence-corrected chi connectivity index (χ1v) is 6.66. The van der Waals surface area contributed by atoms with Crippen molar-refractivity contribution in [2.24, 2.45) is 5.92 Å². The summed E-state index contributed by atoms with van der Waals surface area (Å²) in [4.78, 5) is 0. The smallest absolute Gasteiger partial charge is 0.317 e. The molecular weight excluding hydrogens is 332 g/mol. The van der Waals surface area contributed by atoms with Crippen LogP contribution in [0.5, 0.6) is 0 Å². The van der Waals surface area contributed by atoms with Crippen molar-refractivity contribution in [1.29, 1.82) is 0 Å². The van der Waals surface area contributed by atoms with Crippen molar-refractivity contribution in [3.8, 4) is 0 Å². The Kier molecular flexibility index (Phi) is 6.15. The van der Waals surface area contributed by atoms with E-state index >= 15 is 0 Å². The predicted molar refractivity (Wildman–Crippen MR) is 73.0 cm³/mol. The Balaban J connectivity index is 0.00000242. The van der Waals surface area contributed by atoms with Gasteiger partial charge in [0.15, 0.2) is 0 Å². The minimum absolute atomic E-state index is 0. The van der Waals surface area contributed by atoms with Crippen LogP contribution in [0.3, 0.4) is 0 Å². The van der Waals surface area contributed by atoms with Gasteiger partial charge < -0.3 is 5.32 Å². The number of benzene rings is 1. The van der Waals surface area contributed by atoms with E-state index in [1.54, 1.807) is 0 Å². The number of piperidine rings is 1. The average Bonchev–Trinajstić information content (AvgIpc) is 2.37. The van der Waals surface area contributed by atoms with Crippen LogP contribution in [0.15, 0.2) is 18.2 Å². The lowest BCUT2D eigenvalue weighted by Gasteiger charge is -2.24. The Bertz CT molecular complexity index is 491. The molecular formula is C14H16ClF6N. The van der Waals surface area contributed by atoms with E-state index in [0.29, 0.717) is 44.1 Å². The quantitative estimate of drug-likeness (QED) is 0.765. The lowest BCUT2D eigenvalue weighted by molar-refractivity contribution is -0.141. The monoisotopic (exact) mass is 347 g/mol. The Morgan fingerprint density at radius 2 is 1.55 bits per heavy atom. The maximum atomic E-state index is 12.9. The summed E-state index contributed by atoms with van der Waals surface area (Å²) in [5.74, 6) is -0.0177. The molecule has 1 heterocycles. The molecule has 126 valence electrons. The number of halogens is 7. The fourth-order valence-electron chi connectivity index (χ4n) is 2.61. The van der Waals surface area contributed by atoms with Crippen molar-refractivity contribution in [2.45, 2.75) is 31.6 Å². The van der Waals surface area contributed by atoms with Crippen molar-refractivity contribution in [1.82, 2.24) is 5.32 Å². The van der Waals surface area contributed by atoms with Gasteiger partial charge in [-0.2, -0.15) is 26.3 Å². The molecule has 1 aromatic carbocycles. The molecule has 0 atom stereocenters. The fraction of sp³-hybridized carbons (Fsp3) is 0.571. The SMILES string of the molecule is Cl.FC(F)(F)c1ccc(C(F)(F)F)c(CC2CCNCC2)c1. The molecule has 22 heavy (non-hydrogen) atoms. The normalized spacial score (nSPS) is 17.2. The Hall–Kier alpha value is -0.950. The molecule has 0 amide bonds. The summed E-state index contributed by atoms with van der Waals surface area (Å²) in [6, 6.07) is 1.68. The number of rotatable bonds is 2. The summed E-state index contributed by atoms with van der Waals surface area (Å²) in [6.45, 7) is 1.37. The molecule has 0 bridgehead atoms. The highest BCUT2D eigenvalue weighted by atomic mass is 35.5.